The molecule has 0 radical (unpaired) electrons. The number of nitrogens with one attached hydrogen (secondary N) is 2. The SMILES string of the molecule is CCC(C)(C)N(C(=O)C(CO)NC(=O)OC(C)(C)C)C(C(=O)NC(Cc1ccccc1)C(=O)OC(C)(C)C)c1ccccc1O. The molecule has 0 fully saturated rings. The standard InChI is InChI=1S/C34H49N3O8/c1-10-34(8,9)37(29(41)25(21-38)36-31(43)45-33(5,6)7)27(23-18-14-15-19-26(23)39)28(40)35-24(30(42)44-32(2,3)4)20-22-16-12-11-13-17-22/h11-19,24-25,27,38-39H,10,20-21H2,1-9H3,(H,35,40)(H,36,43). The fourth-order valence-corrected chi connectivity index (χ4v) is 4.53. The first-order valence-electron chi connectivity index (χ1n) is 15.1. The Morgan fingerprint density at radius 1 is 0.800 bits per heavy atom. The molecule has 3 unspecified atom stereocenters. The van der Waals surface area contributed by atoms with Crippen LogP contribution >= 0.6 is 0 Å². The van der Waals surface area contributed by atoms with Gasteiger partial charge in [0, 0.05) is 17.5 Å². The number of ether oxygens (including phenoxy) is 2. The van der Waals surface area contributed by atoms with E-state index >= 15 is 0 Å². The van der Waals surface area contributed by atoms with E-state index in [9.17, 15) is 29.4 Å². The number of rotatable bonds is 12. The summed E-state index contributed by atoms with van der Waals surface area (Å²) in [5, 5.41) is 26.4. The highest BCUT2D eigenvalue weighted by molar-refractivity contribution is 5.94. The zero-order chi connectivity index (χ0) is 34.2. The Kier molecular flexibility index (Phi) is 12.6. The van der Waals surface area contributed by atoms with Crippen molar-refractivity contribution in [2.24, 2.45) is 0 Å². The number of phenolic OH excluding ortho intramolecular Hbond substituents is 1. The first kappa shape index (κ1) is 37.1. The fourth-order valence-electron chi connectivity index (χ4n) is 4.53. The largest absolute Gasteiger partial charge is 0.508 e. The molecular weight excluding hydrogens is 578 g/mol. The molecule has 0 bridgehead atoms. The third kappa shape index (κ3) is 11.1. The van der Waals surface area contributed by atoms with Crippen molar-refractivity contribution in [3.63, 3.8) is 0 Å². The van der Waals surface area contributed by atoms with Crippen LogP contribution in [0.15, 0.2) is 54.6 Å². The van der Waals surface area contributed by atoms with Crippen molar-refractivity contribution in [2.75, 3.05) is 6.61 Å². The van der Waals surface area contributed by atoms with Gasteiger partial charge in [-0.3, -0.25) is 9.59 Å². The van der Waals surface area contributed by atoms with Crippen LogP contribution in [0.3, 0.4) is 0 Å². The number of para-hydroxylation sites is 1. The molecule has 0 aliphatic heterocycles. The van der Waals surface area contributed by atoms with Crippen molar-refractivity contribution >= 4 is 23.9 Å². The van der Waals surface area contributed by atoms with Crippen LogP contribution in [0, 0.1) is 0 Å². The number of aliphatic hydroxyl groups is 1. The van der Waals surface area contributed by atoms with E-state index in [0.717, 1.165) is 5.56 Å². The smallest absolute Gasteiger partial charge is 0.408 e. The number of nitrogens with zero attached hydrogens (tertiary/aromatic N) is 1. The number of carbonyl (C=O) groups is 4. The number of esters is 1. The number of carbonyl (C=O) groups excluding carboxylic acids is 4. The highest BCUT2D eigenvalue weighted by Crippen LogP contribution is 2.36. The lowest BCUT2D eigenvalue weighted by molar-refractivity contribution is -0.159. The van der Waals surface area contributed by atoms with Crippen LogP contribution in [-0.4, -0.2) is 74.4 Å². The molecule has 2 rings (SSSR count). The molecule has 11 heteroatoms. The number of aliphatic hydroxyl groups excluding tert-OH is 1. The lowest BCUT2D eigenvalue weighted by Crippen LogP contribution is -2.61. The number of amides is 3. The highest BCUT2D eigenvalue weighted by Gasteiger charge is 2.45. The van der Waals surface area contributed by atoms with Gasteiger partial charge in [-0.25, -0.2) is 9.59 Å². The van der Waals surface area contributed by atoms with E-state index in [0.29, 0.717) is 6.42 Å². The van der Waals surface area contributed by atoms with E-state index in [2.05, 4.69) is 10.6 Å². The summed E-state index contributed by atoms with van der Waals surface area (Å²) in [7, 11) is 0. The average Bonchev–Trinajstić information content (AvgIpc) is 2.93. The van der Waals surface area contributed by atoms with Crippen LogP contribution in [0.5, 0.6) is 5.75 Å². The number of hydrogen-bond acceptors (Lipinski definition) is 8. The Morgan fingerprint density at radius 2 is 1.36 bits per heavy atom. The van der Waals surface area contributed by atoms with E-state index in [4.69, 9.17) is 9.47 Å². The summed E-state index contributed by atoms with van der Waals surface area (Å²) in [4.78, 5) is 55.9. The van der Waals surface area contributed by atoms with Gasteiger partial charge in [-0.2, -0.15) is 0 Å². The first-order valence-corrected chi connectivity index (χ1v) is 15.1. The summed E-state index contributed by atoms with van der Waals surface area (Å²) < 4.78 is 10.9. The Morgan fingerprint density at radius 3 is 1.87 bits per heavy atom. The maximum Gasteiger partial charge on any atom is 0.408 e. The molecule has 3 amide bonds. The lowest BCUT2D eigenvalue weighted by Gasteiger charge is -2.44. The number of alkyl carbamates (subject to hydrolysis) is 1. The van der Waals surface area contributed by atoms with Gasteiger partial charge >= 0.3 is 12.1 Å². The fraction of sp³-hybridized carbons (Fsp3) is 0.529. The normalized spacial score (nSPS) is 14.0. The van der Waals surface area contributed by atoms with Gasteiger partial charge in [-0.05, 0) is 73.4 Å². The number of phenols is 1. The maximum absolute atomic E-state index is 14.4. The second-order valence-corrected chi connectivity index (χ2v) is 13.5. The third-order valence-electron chi connectivity index (χ3n) is 6.95. The maximum atomic E-state index is 14.4. The van der Waals surface area contributed by atoms with E-state index in [1.165, 1.54) is 17.0 Å². The minimum atomic E-state index is -1.49. The van der Waals surface area contributed by atoms with Crippen LogP contribution in [0.1, 0.15) is 85.9 Å². The Labute approximate surface area is 266 Å². The van der Waals surface area contributed by atoms with Crippen LogP contribution in [0.4, 0.5) is 4.79 Å². The van der Waals surface area contributed by atoms with Gasteiger partial charge in [0.15, 0.2) is 0 Å². The molecule has 248 valence electrons. The molecule has 0 aliphatic carbocycles. The Bertz CT molecular complexity index is 1310. The monoisotopic (exact) mass is 627 g/mol. The zero-order valence-electron chi connectivity index (χ0n) is 27.8. The highest BCUT2D eigenvalue weighted by atomic mass is 16.6. The molecule has 0 saturated carbocycles. The minimum absolute atomic E-state index is 0.0847. The molecule has 0 heterocycles. The Balaban J connectivity index is 2.66. The molecule has 0 aliphatic rings. The van der Waals surface area contributed by atoms with Crippen molar-refractivity contribution in [1.82, 2.24) is 15.5 Å². The number of hydrogen-bond donors (Lipinski definition) is 4. The van der Waals surface area contributed by atoms with E-state index in [1.54, 1.807) is 67.5 Å². The summed E-state index contributed by atoms with van der Waals surface area (Å²) in [5.74, 6) is -2.51. The lowest BCUT2D eigenvalue weighted by atomic mass is 9.91. The molecule has 3 atom stereocenters. The molecule has 0 saturated heterocycles. The molecule has 45 heavy (non-hydrogen) atoms. The molecule has 2 aromatic rings. The van der Waals surface area contributed by atoms with Gasteiger partial charge in [0.2, 0.25) is 11.8 Å². The second-order valence-electron chi connectivity index (χ2n) is 13.5. The number of aromatic hydroxyl groups is 1. The summed E-state index contributed by atoms with van der Waals surface area (Å²) in [6.07, 6.45) is -0.486. The van der Waals surface area contributed by atoms with Crippen molar-refractivity contribution in [2.45, 2.75) is 110 Å². The molecule has 11 nitrogen and oxygen atoms in total. The third-order valence-corrected chi connectivity index (χ3v) is 6.95. The topological polar surface area (TPSA) is 154 Å². The zero-order valence-corrected chi connectivity index (χ0v) is 27.8. The van der Waals surface area contributed by atoms with Gasteiger partial charge in [0.25, 0.3) is 0 Å². The average molecular weight is 628 g/mol. The predicted molar refractivity (Wildman–Crippen MR) is 170 cm³/mol. The van der Waals surface area contributed by atoms with Crippen molar-refractivity contribution < 1.29 is 38.9 Å². The predicted octanol–water partition coefficient (Wildman–Crippen LogP) is 4.41. The van der Waals surface area contributed by atoms with Gasteiger partial charge < -0.3 is 35.2 Å². The summed E-state index contributed by atoms with van der Waals surface area (Å²) in [5.41, 5.74) is -1.92. The van der Waals surface area contributed by atoms with Gasteiger partial charge in [-0.15, -0.1) is 0 Å². The Hall–Kier alpha value is -4.12. The quantitative estimate of drug-likeness (QED) is 0.253. The van der Waals surface area contributed by atoms with Crippen LogP contribution < -0.4 is 10.6 Å². The van der Waals surface area contributed by atoms with E-state index < -0.39 is 65.4 Å². The van der Waals surface area contributed by atoms with Gasteiger partial charge in [0.1, 0.15) is 35.1 Å². The van der Waals surface area contributed by atoms with E-state index in [1.807, 2.05) is 37.3 Å². The number of benzene rings is 2. The van der Waals surface area contributed by atoms with Gasteiger partial charge in [0.05, 0.1) is 6.61 Å². The molecule has 4 N–H and O–H groups in total. The summed E-state index contributed by atoms with van der Waals surface area (Å²) in [6.45, 7) is 14.6. The van der Waals surface area contributed by atoms with Crippen LogP contribution in [0.2, 0.25) is 0 Å². The summed E-state index contributed by atoms with van der Waals surface area (Å²) >= 11 is 0. The van der Waals surface area contributed by atoms with Gasteiger partial charge in [-0.1, -0.05) is 55.5 Å². The van der Waals surface area contributed by atoms with E-state index in [-0.39, 0.29) is 17.7 Å². The summed E-state index contributed by atoms with van der Waals surface area (Å²) in [6, 6.07) is 11.0. The second kappa shape index (κ2) is 15.2. The van der Waals surface area contributed by atoms with Crippen LogP contribution in [0.25, 0.3) is 0 Å². The molecular formula is C34H49N3O8. The molecule has 2 aromatic carbocycles. The first-order chi connectivity index (χ1) is 20.8. The molecule has 0 aromatic heterocycles. The van der Waals surface area contributed by atoms with Crippen molar-refractivity contribution in [3.8, 4) is 5.75 Å². The molecule has 0 spiro atoms. The minimum Gasteiger partial charge on any atom is -0.508 e. The van der Waals surface area contributed by atoms with Crippen LogP contribution in [-0.2, 0) is 30.3 Å². The van der Waals surface area contributed by atoms with Crippen molar-refractivity contribution in [3.05, 3.63) is 65.7 Å². The van der Waals surface area contributed by atoms with Crippen molar-refractivity contribution in [1.29, 1.82) is 0 Å².